The Morgan fingerprint density at radius 3 is 2.86 bits per heavy atom. The number of nitro groups is 1. The van der Waals surface area contributed by atoms with E-state index in [-0.39, 0.29) is 5.69 Å². The van der Waals surface area contributed by atoms with E-state index in [9.17, 15) is 10.1 Å². The van der Waals surface area contributed by atoms with E-state index in [1.165, 1.54) is 6.07 Å². The van der Waals surface area contributed by atoms with Gasteiger partial charge in [-0.3, -0.25) is 10.1 Å². The first-order valence-corrected chi connectivity index (χ1v) is 4.28. The Balaban J connectivity index is 3.05. The summed E-state index contributed by atoms with van der Waals surface area (Å²) >= 11 is 0. The molecule has 0 saturated heterocycles. The molecule has 1 aromatic carbocycles. The maximum absolute atomic E-state index is 10.6. The van der Waals surface area contributed by atoms with Gasteiger partial charge in [-0.1, -0.05) is 0 Å². The highest BCUT2D eigenvalue weighted by atomic mass is 16.6. The quantitative estimate of drug-likeness (QED) is 0.433. The summed E-state index contributed by atoms with van der Waals surface area (Å²) in [6.07, 6.45) is 0. The molecule has 0 aliphatic heterocycles. The standard InChI is InChI=1S/C8H11BN2O3/c1-10-7-4-6(14-5-9)2-3-8(7)11(12)13/h2-4,10H,5,9H2,1H3. The Kier molecular flexibility index (Phi) is 3.33. The number of hydrogen-bond acceptors (Lipinski definition) is 4. The summed E-state index contributed by atoms with van der Waals surface area (Å²) in [6.45, 7) is 0.543. The van der Waals surface area contributed by atoms with Gasteiger partial charge in [-0.05, 0) is 6.07 Å². The lowest BCUT2D eigenvalue weighted by Crippen LogP contribution is -1.99. The van der Waals surface area contributed by atoms with Crippen LogP contribution >= 0.6 is 0 Å². The summed E-state index contributed by atoms with van der Waals surface area (Å²) in [6, 6.07) is 4.63. The predicted octanol–water partition coefficient (Wildman–Crippen LogP) is 0.606. The van der Waals surface area contributed by atoms with Gasteiger partial charge in [0, 0.05) is 19.2 Å². The van der Waals surface area contributed by atoms with E-state index in [1.807, 2.05) is 7.85 Å². The summed E-state index contributed by atoms with van der Waals surface area (Å²) in [7, 11) is 3.50. The van der Waals surface area contributed by atoms with Crippen LogP contribution in [0.2, 0.25) is 0 Å². The molecule has 6 heteroatoms. The number of rotatable bonds is 4. The molecule has 0 aliphatic carbocycles. The second kappa shape index (κ2) is 4.50. The normalized spacial score (nSPS) is 9.50. The van der Waals surface area contributed by atoms with Crippen molar-refractivity contribution in [1.29, 1.82) is 0 Å². The number of anilines is 1. The van der Waals surface area contributed by atoms with Crippen molar-refractivity contribution in [3.8, 4) is 5.75 Å². The van der Waals surface area contributed by atoms with E-state index < -0.39 is 4.92 Å². The maximum atomic E-state index is 10.6. The van der Waals surface area contributed by atoms with E-state index in [0.29, 0.717) is 17.9 Å². The van der Waals surface area contributed by atoms with Crippen molar-refractivity contribution in [1.82, 2.24) is 0 Å². The summed E-state index contributed by atoms with van der Waals surface area (Å²) in [4.78, 5) is 10.1. The Bertz CT molecular complexity index is 343. The molecule has 0 radical (unpaired) electrons. The van der Waals surface area contributed by atoms with Crippen LogP contribution in [0, 0.1) is 10.1 Å². The Morgan fingerprint density at radius 2 is 2.36 bits per heavy atom. The first-order valence-electron chi connectivity index (χ1n) is 4.28. The molecule has 5 nitrogen and oxygen atoms in total. The third-order valence-electron chi connectivity index (χ3n) is 1.75. The molecule has 0 fully saturated rings. The highest BCUT2D eigenvalue weighted by Gasteiger charge is 2.12. The molecule has 1 aromatic rings. The number of nitro benzene ring substituents is 1. The summed E-state index contributed by atoms with van der Waals surface area (Å²) in [5.41, 5.74) is 0.511. The van der Waals surface area contributed by atoms with Crippen molar-refractivity contribution in [3.63, 3.8) is 0 Å². The minimum atomic E-state index is -0.429. The molecule has 0 aliphatic rings. The Morgan fingerprint density at radius 1 is 1.64 bits per heavy atom. The smallest absolute Gasteiger partial charge is 0.292 e. The zero-order chi connectivity index (χ0) is 10.6. The van der Waals surface area contributed by atoms with Crippen molar-refractivity contribution < 1.29 is 9.66 Å². The molecule has 0 amide bonds. The lowest BCUT2D eigenvalue weighted by atomic mass is 10.2. The number of nitrogens with zero attached hydrogens (tertiary/aromatic N) is 1. The summed E-state index contributed by atoms with van der Waals surface area (Å²) in [5.74, 6) is 0.627. The van der Waals surface area contributed by atoms with Crippen molar-refractivity contribution >= 4 is 19.2 Å². The molecular formula is C8H11BN2O3. The molecule has 0 saturated carbocycles. The molecule has 74 valence electrons. The SMILES string of the molecule is BCOc1ccc([N+](=O)[O-])c(NC)c1. The van der Waals surface area contributed by atoms with E-state index in [2.05, 4.69) is 5.32 Å². The molecule has 0 bridgehead atoms. The predicted molar refractivity (Wildman–Crippen MR) is 56.7 cm³/mol. The van der Waals surface area contributed by atoms with Crippen LogP contribution in [-0.4, -0.2) is 26.3 Å². The fraction of sp³-hybridized carbons (Fsp3) is 0.250. The Hall–Kier alpha value is -1.72. The first kappa shape index (κ1) is 10.4. The zero-order valence-electron chi connectivity index (χ0n) is 8.11. The van der Waals surface area contributed by atoms with E-state index in [0.717, 1.165) is 0 Å². The topological polar surface area (TPSA) is 64.4 Å². The minimum Gasteiger partial charge on any atom is -0.503 e. The fourth-order valence-electron chi connectivity index (χ4n) is 1.13. The molecule has 14 heavy (non-hydrogen) atoms. The molecule has 1 rings (SSSR count). The van der Waals surface area contributed by atoms with Crippen LogP contribution in [0.15, 0.2) is 18.2 Å². The number of hydrogen-bond donors (Lipinski definition) is 1. The van der Waals surface area contributed by atoms with Crippen LogP contribution < -0.4 is 10.1 Å². The average Bonchev–Trinajstić information content (AvgIpc) is 2.17. The van der Waals surface area contributed by atoms with E-state index in [4.69, 9.17) is 4.74 Å². The summed E-state index contributed by atoms with van der Waals surface area (Å²) < 4.78 is 5.22. The van der Waals surface area contributed by atoms with Gasteiger partial charge in [0.25, 0.3) is 5.69 Å². The second-order valence-corrected chi connectivity index (χ2v) is 2.62. The maximum Gasteiger partial charge on any atom is 0.292 e. The van der Waals surface area contributed by atoms with Crippen molar-refractivity contribution in [2.24, 2.45) is 0 Å². The fourth-order valence-corrected chi connectivity index (χ4v) is 1.13. The van der Waals surface area contributed by atoms with Gasteiger partial charge in [0.05, 0.1) is 11.4 Å². The molecule has 0 spiro atoms. The van der Waals surface area contributed by atoms with Crippen LogP contribution in [-0.2, 0) is 0 Å². The second-order valence-electron chi connectivity index (χ2n) is 2.62. The van der Waals surface area contributed by atoms with Gasteiger partial charge >= 0.3 is 0 Å². The minimum absolute atomic E-state index is 0.0518. The molecule has 0 atom stereocenters. The average molecular weight is 194 g/mol. The van der Waals surface area contributed by atoms with Crippen molar-refractivity contribution in [3.05, 3.63) is 28.3 Å². The molecule has 0 unspecified atom stereocenters. The third kappa shape index (κ3) is 2.15. The van der Waals surface area contributed by atoms with Crippen LogP contribution in [0.4, 0.5) is 11.4 Å². The van der Waals surface area contributed by atoms with Crippen LogP contribution in [0.1, 0.15) is 0 Å². The first-order chi connectivity index (χ1) is 6.69. The molecule has 1 N–H and O–H groups in total. The van der Waals surface area contributed by atoms with Crippen molar-refractivity contribution in [2.45, 2.75) is 0 Å². The molecule has 0 aromatic heterocycles. The lowest BCUT2D eigenvalue weighted by Gasteiger charge is -2.06. The zero-order valence-corrected chi connectivity index (χ0v) is 8.11. The number of ether oxygens (including phenoxy) is 1. The van der Waals surface area contributed by atoms with Gasteiger partial charge in [0.15, 0.2) is 7.85 Å². The summed E-state index contributed by atoms with van der Waals surface area (Å²) in [5, 5.41) is 13.3. The van der Waals surface area contributed by atoms with Gasteiger partial charge in [-0.15, -0.1) is 0 Å². The highest BCUT2D eigenvalue weighted by Crippen LogP contribution is 2.28. The molecule has 0 heterocycles. The van der Waals surface area contributed by atoms with Gasteiger partial charge in [0.2, 0.25) is 0 Å². The van der Waals surface area contributed by atoms with Gasteiger partial charge in [-0.25, -0.2) is 0 Å². The third-order valence-corrected chi connectivity index (χ3v) is 1.75. The monoisotopic (exact) mass is 194 g/mol. The Labute approximate surface area is 82.6 Å². The van der Waals surface area contributed by atoms with Crippen molar-refractivity contribution in [2.75, 3.05) is 18.9 Å². The van der Waals surface area contributed by atoms with Crippen LogP contribution in [0.25, 0.3) is 0 Å². The van der Waals surface area contributed by atoms with Crippen LogP contribution in [0.5, 0.6) is 5.75 Å². The van der Waals surface area contributed by atoms with E-state index >= 15 is 0 Å². The van der Waals surface area contributed by atoms with Crippen LogP contribution in [0.3, 0.4) is 0 Å². The van der Waals surface area contributed by atoms with Gasteiger partial charge in [-0.2, -0.15) is 0 Å². The molecular weight excluding hydrogens is 183 g/mol. The lowest BCUT2D eigenvalue weighted by molar-refractivity contribution is -0.384. The van der Waals surface area contributed by atoms with Gasteiger partial charge in [0.1, 0.15) is 11.4 Å². The highest BCUT2D eigenvalue weighted by molar-refractivity contribution is 6.08. The van der Waals surface area contributed by atoms with Gasteiger partial charge < -0.3 is 10.1 Å². The largest absolute Gasteiger partial charge is 0.503 e. The number of nitrogens with one attached hydrogen (secondary N) is 1. The number of benzene rings is 1. The van der Waals surface area contributed by atoms with E-state index in [1.54, 1.807) is 19.2 Å².